The average Bonchev–Trinajstić information content (AvgIpc) is 2.30. The minimum Gasteiger partial charge on any atom is -0.271 e. The van der Waals surface area contributed by atoms with Crippen LogP contribution >= 0.6 is 0 Å². The first-order valence-corrected chi connectivity index (χ1v) is 6.06. The van der Waals surface area contributed by atoms with Crippen LogP contribution in [0, 0.1) is 0 Å². The topological polar surface area (TPSA) is 47.4 Å². The van der Waals surface area contributed by atoms with Gasteiger partial charge in [0.05, 0.1) is 0 Å². The number of hydrogen-bond donors (Lipinski definition) is 0. The van der Waals surface area contributed by atoms with E-state index in [1.807, 2.05) is 0 Å². The number of nitrogens with one attached hydrogen (secondary N) is 1. The Morgan fingerprint density at radius 1 is 1.00 bits per heavy atom. The molecule has 1 atom stereocenters. The smallest absolute Gasteiger partial charge is 0.257 e. The lowest BCUT2D eigenvalue weighted by molar-refractivity contribution is -0.140. The molecule has 4 nitrogen and oxygen atoms in total. The van der Waals surface area contributed by atoms with Crippen LogP contribution in [0.5, 0.6) is 0 Å². The maximum absolute atomic E-state index is 11.3. The molecule has 2 aliphatic rings. The monoisotopic (exact) mass is 210 g/mol. The predicted molar refractivity (Wildman–Crippen MR) is 57.9 cm³/mol. The molecule has 1 radical (unpaired) electrons. The first kappa shape index (κ1) is 10.9. The van der Waals surface area contributed by atoms with Gasteiger partial charge < -0.3 is 0 Å². The van der Waals surface area contributed by atoms with Crippen LogP contribution in [0.1, 0.15) is 38.5 Å². The standard InChI is InChI=1S/C11H20N3O/c12-11(15)10-6-2-5-9-14(10)13-7-3-1-4-8-13/h10,12H,1-9H2. The summed E-state index contributed by atoms with van der Waals surface area (Å²) in [6.07, 6.45) is 6.91. The van der Waals surface area contributed by atoms with Gasteiger partial charge in [0.1, 0.15) is 6.04 Å². The molecule has 1 unspecified atom stereocenters. The Morgan fingerprint density at radius 2 is 1.67 bits per heavy atom. The van der Waals surface area contributed by atoms with Gasteiger partial charge in [-0.15, -0.1) is 0 Å². The van der Waals surface area contributed by atoms with E-state index in [1.165, 1.54) is 25.7 Å². The number of carbonyl (C=O) groups is 1. The second kappa shape index (κ2) is 4.94. The highest BCUT2D eigenvalue weighted by molar-refractivity contribution is 5.79. The molecule has 0 saturated carbocycles. The fourth-order valence-electron chi connectivity index (χ4n) is 2.66. The van der Waals surface area contributed by atoms with Crippen LogP contribution in [0.4, 0.5) is 0 Å². The quantitative estimate of drug-likeness (QED) is 0.684. The van der Waals surface area contributed by atoms with Crippen LogP contribution in [-0.4, -0.2) is 41.6 Å². The highest BCUT2D eigenvalue weighted by Crippen LogP contribution is 2.22. The van der Waals surface area contributed by atoms with Gasteiger partial charge in [-0.25, -0.2) is 10.0 Å². The fraction of sp³-hybridized carbons (Fsp3) is 0.909. The Bertz CT molecular complexity index is 226. The molecule has 2 aliphatic heterocycles. The summed E-state index contributed by atoms with van der Waals surface area (Å²) in [7, 11) is 0. The lowest BCUT2D eigenvalue weighted by atomic mass is 10.0. The second-order valence-corrected chi connectivity index (χ2v) is 4.55. The summed E-state index contributed by atoms with van der Waals surface area (Å²) in [5.74, 6) is -0.403. The molecule has 1 N–H and O–H groups in total. The molecule has 2 heterocycles. The molecule has 0 aromatic rings. The summed E-state index contributed by atoms with van der Waals surface area (Å²) in [5, 5.41) is 4.47. The van der Waals surface area contributed by atoms with Gasteiger partial charge in [0.2, 0.25) is 0 Å². The second-order valence-electron chi connectivity index (χ2n) is 4.55. The van der Waals surface area contributed by atoms with E-state index in [0.717, 1.165) is 32.5 Å². The van der Waals surface area contributed by atoms with Gasteiger partial charge in [-0.3, -0.25) is 10.5 Å². The predicted octanol–water partition coefficient (Wildman–Crippen LogP) is 1.05. The van der Waals surface area contributed by atoms with Crippen LogP contribution < -0.4 is 5.73 Å². The molecule has 85 valence electrons. The van der Waals surface area contributed by atoms with Crippen LogP contribution in [0.15, 0.2) is 0 Å². The molecule has 0 aromatic carbocycles. The number of hydrogen-bond acceptors (Lipinski definition) is 3. The van der Waals surface area contributed by atoms with Gasteiger partial charge in [-0.1, -0.05) is 6.42 Å². The van der Waals surface area contributed by atoms with E-state index < -0.39 is 5.91 Å². The van der Waals surface area contributed by atoms with E-state index in [0.29, 0.717) is 0 Å². The Balaban J connectivity index is 1.99. The Kier molecular flexibility index (Phi) is 3.59. The first-order valence-electron chi connectivity index (χ1n) is 6.06. The van der Waals surface area contributed by atoms with Crippen molar-refractivity contribution in [1.29, 1.82) is 0 Å². The lowest BCUT2D eigenvalue weighted by Crippen LogP contribution is -2.55. The van der Waals surface area contributed by atoms with Gasteiger partial charge >= 0.3 is 0 Å². The third kappa shape index (κ3) is 2.49. The number of nitrogens with zero attached hydrogens (tertiary/aromatic N) is 2. The molecule has 15 heavy (non-hydrogen) atoms. The fourth-order valence-corrected chi connectivity index (χ4v) is 2.66. The summed E-state index contributed by atoms with van der Waals surface area (Å²) in [4.78, 5) is 11.3. The van der Waals surface area contributed by atoms with E-state index in [9.17, 15) is 4.79 Å². The van der Waals surface area contributed by atoms with Gasteiger partial charge in [0.15, 0.2) is 0 Å². The molecule has 0 bridgehead atoms. The molecule has 0 aromatic heterocycles. The van der Waals surface area contributed by atoms with Gasteiger partial charge in [0, 0.05) is 19.6 Å². The summed E-state index contributed by atoms with van der Waals surface area (Å²) in [5.41, 5.74) is 7.31. The first-order chi connectivity index (χ1) is 7.29. The Morgan fingerprint density at radius 3 is 2.33 bits per heavy atom. The van der Waals surface area contributed by atoms with E-state index in [1.54, 1.807) is 0 Å². The van der Waals surface area contributed by atoms with E-state index >= 15 is 0 Å². The average molecular weight is 210 g/mol. The molecular weight excluding hydrogens is 190 g/mol. The molecule has 1 amide bonds. The minimum absolute atomic E-state index is 0.156. The highest BCUT2D eigenvalue weighted by atomic mass is 16.1. The highest BCUT2D eigenvalue weighted by Gasteiger charge is 2.31. The van der Waals surface area contributed by atoms with Crippen molar-refractivity contribution in [2.45, 2.75) is 44.6 Å². The maximum Gasteiger partial charge on any atom is 0.257 e. The van der Waals surface area contributed by atoms with Crippen LogP contribution in [0.3, 0.4) is 0 Å². The summed E-state index contributed by atoms with van der Waals surface area (Å²) < 4.78 is 0. The van der Waals surface area contributed by atoms with E-state index in [2.05, 4.69) is 10.0 Å². The van der Waals surface area contributed by atoms with Crippen molar-refractivity contribution in [3.63, 3.8) is 0 Å². The molecule has 0 spiro atoms. The summed E-state index contributed by atoms with van der Waals surface area (Å²) >= 11 is 0. The van der Waals surface area contributed by atoms with Crippen LogP contribution in [0.25, 0.3) is 0 Å². The van der Waals surface area contributed by atoms with Crippen molar-refractivity contribution in [3.8, 4) is 0 Å². The summed E-state index contributed by atoms with van der Waals surface area (Å²) in [6.45, 7) is 3.11. The largest absolute Gasteiger partial charge is 0.271 e. The van der Waals surface area contributed by atoms with Crippen LogP contribution in [-0.2, 0) is 4.79 Å². The molecule has 2 fully saturated rings. The van der Waals surface area contributed by atoms with Crippen LogP contribution in [0.2, 0.25) is 0 Å². The van der Waals surface area contributed by atoms with Crippen molar-refractivity contribution < 1.29 is 4.79 Å². The third-order valence-corrected chi connectivity index (χ3v) is 3.47. The van der Waals surface area contributed by atoms with Gasteiger partial charge in [-0.05, 0) is 32.1 Å². The van der Waals surface area contributed by atoms with Crippen molar-refractivity contribution in [1.82, 2.24) is 15.8 Å². The number of carbonyl (C=O) groups excluding carboxylic acids is 1. The van der Waals surface area contributed by atoms with Crippen molar-refractivity contribution in [3.05, 3.63) is 0 Å². The minimum atomic E-state index is -0.403. The number of hydrazine groups is 1. The van der Waals surface area contributed by atoms with E-state index in [4.69, 9.17) is 5.73 Å². The Hall–Kier alpha value is -0.610. The molecule has 4 heteroatoms. The van der Waals surface area contributed by atoms with E-state index in [-0.39, 0.29) is 6.04 Å². The molecular formula is C11H20N3O. The summed E-state index contributed by atoms with van der Waals surface area (Å²) in [6, 6.07) is -0.156. The molecule has 0 aliphatic carbocycles. The zero-order valence-electron chi connectivity index (χ0n) is 9.24. The van der Waals surface area contributed by atoms with Crippen molar-refractivity contribution in [2.24, 2.45) is 0 Å². The van der Waals surface area contributed by atoms with Crippen molar-refractivity contribution in [2.75, 3.05) is 19.6 Å². The number of amides is 1. The normalized spacial score (nSPS) is 30.3. The lowest BCUT2D eigenvalue weighted by Gasteiger charge is -2.43. The zero-order chi connectivity index (χ0) is 10.7. The molecule has 2 rings (SSSR count). The van der Waals surface area contributed by atoms with Crippen molar-refractivity contribution >= 4 is 5.91 Å². The number of rotatable bonds is 2. The number of piperidine rings is 2. The maximum atomic E-state index is 11.3. The molecule has 2 saturated heterocycles. The SMILES string of the molecule is [NH]C(=O)C1CCCCN1N1CCCCC1. The Labute approximate surface area is 91.4 Å². The van der Waals surface area contributed by atoms with Gasteiger partial charge in [-0.2, -0.15) is 0 Å². The third-order valence-electron chi connectivity index (χ3n) is 3.47. The van der Waals surface area contributed by atoms with Gasteiger partial charge in [0.25, 0.3) is 5.91 Å². The zero-order valence-corrected chi connectivity index (χ0v) is 9.24.